The van der Waals surface area contributed by atoms with Crippen molar-refractivity contribution in [1.29, 1.82) is 0 Å². The lowest BCUT2D eigenvalue weighted by molar-refractivity contribution is 0.0698. The van der Waals surface area contributed by atoms with Gasteiger partial charge in [-0.15, -0.1) is 12.4 Å². The molecule has 0 aliphatic carbocycles. The normalized spacial score (nSPS) is 8.24. The van der Waals surface area contributed by atoms with Crippen LogP contribution in [0, 0.1) is 0 Å². The van der Waals surface area contributed by atoms with Crippen molar-refractivity contribution in [3.05, 3.63) is 60.4 Å². The summed E-state index contributed by atoms with van der Waals surface area (Å²) in [5.74, 6) is -0.988. The zero-order valence-corrected chi connectivity index (χ0v) is 9.80. The molecule has 0 saturated heterocycles. The number of pyridine rings is 1. The van der Waals surface area contributed by atoms with Gasteiger partial charge in [0.25, 0.3) is 0 Å². The summed E-state index contributed by atoms with van der Waals surface area (Å²) in [5.41, 5.74) is 5.80. The van der Waals surface area contributed by atoms with Crippen LogP contribution in [-0.4, -0.2) is 16.1 Å². The van der Waals surface area contributed by atoms with E-state index in [1.165, 1.54) is 6.07 Å². The van der Waals surface area contributed by atoms with E-state index in [9.17, 15) is 4.79 Å². The molecule has 1 aromatic heterocycles. The van der Waals surface area contributed by atoms with E-state index in [-0.39, 0.29) is 18.0 Å². The predicted molar refractivity (Wildman–Crippen MR) is 69.3 cm³/mol. The van der Waals surface area contributed by atoms with E-state index >= 15 is 0 Å². The van der Waals surface area contributed by atoms with Crippen LogP contribution in [0.25, 0.3) is 0 Å². The van der Waals surface area contributed by atoms with E-state index < -0.39 is 5.97 Å². The topological polar surface area (TPSA) is 76.2 Å². The number of nitrogens with two attached hydrogens (primary N) is 1. The molecule has 1 aromatic carbocycles. The van der Waals surface area contributed by atoms with Gasteiger partial charge in [-0.05, 0) is 24.3 Å². The number of para-hydroxylation sites is 1. The molecule has 0 amide bonds. The van der Waals surface area contributed by atoms with E-state index in [1.54, 1.807) is 30.6 Å². The monoisotopic (exact) mass is 252 g/mol. The lowest BCUT2D eigenvalue weighted by atomic mass is 10.2. The number of halogens is 1. The number of nitrogens with zero attached hydrogens (tertiary/aromatic N) is 1. The highest BCUT2D eigenvalue weighted by Gasteiger charge is 2.03. The van der Waals surface area contributed by atoms with Crippen LogP contribution in [0.5, 0.6) is 0 Å². The first-order chi connectivity index (χ1) is 7.72. The van der Waals surface area contributed by atoms with Crippen LogP contribution < -0.4 is 5.73 Å². The fraction of sp³-hybridized carbons (Fsp3) is 0. The smallest absolute Gasteiger partial charge is 0.337 e. The Hall–Kier alpha value is -2.07. The fourth-order valence-corrected chi connectivity index (χ4v) is 1.00. The van der Waals surface area contributed by atoms with Crippen LogP contribution >= 0.6 is 12.4 Å². The van der Waals surface area contributed by atoms with Crippen molar-refractivity contribution in [2.45, 2.75) is 0 Å². The number of carboxylic acid groups (broad SMARTS) is 1. The largest absolute Gasteiger partial charge is 0.478 e. The van der Waals surface area contributed by atoms with E-state index in [0.717, 1.165) is 0 Å². The van der Waals surface area contributed by atoms with Crippen molar-refractivity contribution < 1.29 is 9.90 Å². The third kappa shape index (κ3) is 5.53. The van der Waals surface area contributed by atoms with Crippen molar-refractivity contribution in [1.82, 2.24) is 4.98 Å². The summed E-state index contributed by atoms with van der Waals surface area (Å²) in [6.45, 7) is 0. The number of benzene rings is 1. The molecule has 0 radical (unpaired) electrons. The quantitative estimate of drug-likeness (QED) is 0.765. The first-order valence-corrected chi connectivity index (χ1v) is 4.64. The summed E-state index contributed by atoms with van der Waals surface area (Å²) in [6.07, 6.45) is 3.50. The second-order valence-corrected chi connectivity index (χ2v) is 2.92. The van der Waals surface area contributed by atoms with Crippen LogP contribution in [0.4, 0.5) is 5.69 Å². The summed E-state index contributed by atoms with van der Waals surface area (Å²) in [4.78, 5) is 14.1. The van der Waals surface area contributed by atoms with Gasteiger partial charge >= 0.3 is 5.97 Å². The summed E-state index contributed by atoms with van der Waals surface area (Å²) in [6, 6.07) is 12.1. The highest BCUT2D eigenvalue weighted by molar-refractivity contribution is 5.93. The summed E-state index contributed by atoms with van der Waals surface area (Å²) < 4.78 is 0. The van der Waals surface area contributed by atoms with Gasteiger partial charge in [-0.25, -0.2) is 4.79 Å². The first kappa shape index (κ1) is 14.9. The van der Waals surface area contributed by atoms with Gasteiger partial charge in [0.15, 0.2) is 0 Å². The van der Waals surface area contributed by atoms with Gasteiger partial charge < -0.3 is 10.8 Å². The van der Waals surface area contributed by atoms with E-state index in [0.29, 0.717) is 5.69 Å². The van der Waals surface area contributed by atoms with Gasteiger partial charge in [-0.1, -0.05) is 18.2 Å². The standard InChI is InChI=1S/C7H7NO2.C5H5N.ClH/c8-6-4-2-1-3-5(6)7(9)10;1-2-4-6-5-3-1;/h1-4H,8H2,(H,9,10);1-5H;1H. The Morgan fingerprint density at radius 2 is 1.65 bits per heavy atom. The number of hydrogen-bond acceptors (Lipinski definition) is 3. The molecule has 0 atom stereocenters. The van der Waals surface area contributed by atoms with Crippen LogP contribution in [0.1, 0.15) is 10.4 Å². The Labute approximate surface area is 106 Å². The predicted octanol–water partition coefficient (Wildman–Crippen LogP) is 2.47. The average molecular weight is 253 g/mol. The molecule has 2 rings (SSSR count). The van der Waals surface area contributed by atoms with Crippen LogP contribution in [-0.2, 0) is 0 Å². The molecule has 0 spiro atoms. The van der Waals surface area contributed by atoms with E-state index in [4.69, 9.17) is 10.8 Å². The van der Waals surface area contributed by atoms with Crippen LogP contribution in [0.15, 0.2) is 54.9 Å². The molecule has 0 fully saturated rings. The van der Waals surface area contributed by atoms with Gasteiger partial charge in [0.05, 0.1) is 5.56 Å². The molecule has 0 saturated carbocycles. The molecule has 2 aromatic rings. The molecule has 5 heteroatoms. The minimum Gasteiger partial charge on any atom is -0.478 e. The third-order valence-corrected chi connectivity index (χ3v) is 1.76. The van der Waals surface area contributed by atoms with Crippen molar-refractivity contribution in [3.8, 4) is 0 Å². The van der Waals surface area contributed by atoms with Crippen molar-refractivity contribution in [2.75, 3.05) is 5.73 Å². The molecular weight excluding hydrogens is 240 g/mol. The van der Waals surface area contributed by atoms with Gasteiger partial charge in [0.1, 0.15) is 0 Å². The number of hydrogen-bond donors (Lipinski definition) is 2. The fourth-order valence-electron chi connectivity index (χ4n) is 1.00. The van der Waals surface area contributed by atoms with Gasteiger partial charge in [-0.2, -0.15) is 0 Å². The highest BCUT2D eigenvalue weighted by atomic mass is 35.5. The maximum absolute atomic E-state index is 10.3. The highest BCUT2D eigenvalue weighted by Crippen LogP contribution is 2.08. The zero-order valence-electron chi connectivity index (χ0n) is 8.98. The molecule has 3 N–H and O–H groups in total. The molecule has 0 unspecified atom stereocenters. The molecule has 1 heterocycles. The molecule has 17 heavy (non-hydrogen) atoms. The van der Waals surface area contributed by atoms with Crippen molar-refractivity contribution in [2.24, 2.45) is 0 Å². The number of carboxylic acids is 1. The van der Waals surface area contributed by atoms with Crippen molar-refractivity contribution >= 4 is 24.1 Å². The maximum Gasteiger partial charge on any atom is 0.337 e. The van der Waals surface area contributed by atoms with E-state index in [1.807, 2.05) is 18.2 Å². The lowest BCUT2D eigenvalue weighted by Crippen LogP contribution is -2.00. The minimum atomic E-state index is -0.988. The number of nitrogen functional groups attached to an aromatic ring is 1. The number of rotatable bonds is 1. The number of aromatic carboxylic acids is 1. The van der Waals surface area contributed by atoms with E-state index in [2.05, 4.69) is 4.98 Å². The van der Waals surface area contributed by atoms with Crippen LogP contribution in [0.3, 0.4) is 0 Å². The number of anilines is 1. The molecule has 0 bridgehead atoms. The summed E-state index contributed by atoms with van der Waals surface area (Å²) in [5, 5.41) is 8.49. The Balaban J connectivity index is 0.000000316. The summed E-state index contributed by atoms with van der Waals surface area (Å²) in [7, 11) is 0. The first-order valence-electron chi connectivity index (χ1n) is 4.64. The molecular formula is C12H13ClN2O2. The van der Waals surface area contributed by atoms with Crippen LogP contribution in [0.2, 0.25) is 0 Å². The number of carbonyl (C=O) groups is 1. The van der Waals surface area contributed by atoms with Gasteiger partial charge in [0.2, 0.25) is 0 Å². The Morgan fingerprint density at radius 1 is 1.06 bits per heavy atom. The van der Waals surface area contributed by atoms with Gasteiger partial charge in [-0.3, -0.25) is 4.98 Å². The second-order valence-electron chi connectivity index (χ2n) is 2.92. The SMILES string of the molecule is Cl.Nc1ccccc1C(=O)O.c1ccncc1. The second kappa shape index (κ2) is 8.13. The Bertz CT molecular complexity index is 423. The molecule has 4 nitrogen and oxygen atoms in total. The third-order valence-electron chi connectivity index (χ3n) is 1.76. The Kier molecular flexibility index (Phi) is 7.14. The lowest BCUT2D eigenvalue weighted by Gasteiger charge is -1.96. The van der Waals surface area contributed by atoms with Crippen molar-refractivity contribution in [3.63, 3.8) is 0 Å². The number of aromatic nitrogens is 1. The molecule has 0 aliphatic heterocycles. The minimum absolute atomic E-state index is 0. The Morgan fingerprint density at radius 3 is 1.94 bits per heavy atom. The molecule has 90 valence electrons. The maximum atomic E-state index is 10.3. The average Bonchev–Trinajstić information content (AvgIpc) is 2.32. The zero-order chi connectivity index (χ0) is 11.8. The molecule has 0 aliphatic rings. The van der Waals surface area contributed by atoms with Gasteiger partial charge in [0, 0.05) is 18.1 Å². The summed E-state index contributed by atoms with van der Waals surface area (Å²) >= 11 is 0.